The topological polar surface area (TPSA) is 61.0 Å². The first-order valence-corrected chi connectivity index (χ1v) is 9.64. The Labute approximate surface area is 159 Å². The van der Waals surface area contributed by atoms with Crippen LogP contribution in [0.4, 0.5) is 0 Å². The molecular weight excluding hydrogens is 340 g/mol. The molecule has 1 aliphatic heterocycles. The fraction of sp³-hybridized carbons (Fsp3) is 0.550. The summed E-state index contributed by atoms with van der Waals surface area (Å²) in [4.78, 5) is 7.30. The third-order valence-electron chi connectivity index (χ3n) is 5.30. The number of rotatable bonds is 4. The van der Waals surface area contributed by atoms with E-state index in [-0.39, 0.29) is 0 Å². The summed E-state index contributed by atoms with van der Waals surface area (Å²) in [7, 11) is 1.93. The highest BCUT2D eigenvalue weighted by Crippen LogP contribution is 2.28. The first-order valence-electron chi connectivity index (χ1n) is 9.64. The summed E-state index contributed by atoms with van der Waals surface area (Å²) in [6, 6.07) is 2.18. The summed E-state index contributed by atoms with van der Waals surface area (Å²) in [5.41, 5.74) is 6.45. The van der Waals surface area contributed by atoms with Crippen molar-refractivity contribution < 1.29 is 4.74 Å². The SMILES string of the molecule is Cc1nn(-c2cc3cn(C)nc3nc2CN2CCOCC2)c(C)c1C(C)C. The standard InChI is InChI=1S/C20H28N6O/c1-13(2)19-14(3)22-26(15(19)4)18-10-16-11-24(5)23-20(16)21-17(18)12-25-6-8-27-9-7-25/h10-11,13H,6-9,12H2,1-5H3. The van der Waals surface area contributed by atoms with E-state index in [4.69, 9.17) is 14.8 Å². The lowest BCUT2D eigenvalue weighted by atomic mass is 10.0. The van der Waals surface area contributed by atoms with Gasteiger partial charge in [-0.25, -0.2) is 9.67 Å². The van der Waals surface area contributed by atoms with E-state index >= 15 is 0 Å². The van der Waals surface area contributed by atoms with Gasteiger partial charge in [-0.1, -0.05) is 13.8 Å². The van der Waals surface area contributed by atoms with E-state index in [0.29, 0.717) is 5.92 Å². The second-order valence-electron chi connectivity index (χ2n) is 7.71. The van der Waals surface area contributed by atoms with E-state index in [1.807, 2.05) is 17.9 Å². The van der Waals surface area contributed by atoms with E-state index < -0.39 is 0 Å². The Morgan fingerprint density at radius 1 is 1.15 bits per heavy atom. The zero-order chi connectivity index (χ0) is 19.1. The minimum absolute atomic E-state index is 0.441. The lowest BCUT2D eigenvalue weighted by Crippen LogP contribution is -2.36. The van der Waals surface area contributed by atoms with Crippen LogP contribution in [0.2, 0.25) is 0 Å². The lowest BCUT2D eigenvalue weighted by Gasteiger charge is -2.27. The van der Waals surface area contributed by atoms with Gasteiger partial charge in [0.05, 0.1) is 30.3 Å². The zero-order valence-corrected chi connectivity index (χ0v) is 16.9. The molecule has 1 saturated heterocycles. The average molecular weight is 368 g/mol. The predicted molar refractivity (Wildman–Crippen MR) is 105 cm³/mol. The van der Waals surface area contributed by atoms with Gasteiger partial charge in [-0.15, -0.1) is 0 Å². The Hall–Kier alpha value is -2.25. The minimum atomic E-state index is 0.441. The number of hydrogen-bond acceptors (Lipinski definition) is 5. The minimum Gasteiger partial charge on any atom is -0.379 e. The molecule has 0 spiro atoms. The predicted octanol–water partition coefficient (Wildman–Crippen LogP) is 2.73. The fourth-order valence-corrected chi connectivity index (χ4v) is 4.10. The molecule has 0 aliphatic carbocycles. The number of nitrogens with zero attached hydrogens (tertiary/aromatic N) is 6. The normalized spacial score (nSPS) is 15.9. The van der Waals surface area contributed by atoms with Crippen molar-refractivity contribution >= 4 is 11.0 Å². The van der Waals surface area contributed by atoms with E-state index in [9.17, 15) is 0 Å². The van der Waals surface area contributed by atoms with Gasteiger partial charge in [0.1, 0.15) is 0 Å². The maximum atomic E-state index is 5.50. The number of aromatic nitrogens is 5. The van der Waals surface area contributed by atoms with Crippen molar-refractivity contribution in [2.24, 2.45) is 7.05 Å². The molecule has 0 amide bonds. The zero-order valence-electron chi connectivity index (χ0n) is 16.9. The maximum Gasteiger partial charge on any atom is 0.181 e. The number of pyridine rings is 1. The molecule has 27 heavy (non-hydrogen) atoms. The summed E-state index contributed by atoms with van der Waals surface area (Å²) < 4.78 is 9.38. The Morgan fingerprint density at radius 3 is 2.56 bits per heavy atom. The highest BCUT2D eigenvalue weighted by Gasteiger charge is 2.21. The molecule has 0 aromatic carbocycles. The summed E-state index contributed by atoms with van der Waals surface area (Å²) >= 11 is 0. The summed E-state index contributed by atoms with van der Waals surface area (Å²) in [6.07, 6.45) is 2.01. The first-order chi connectivity index (χ1) is 12.9. The van der Waals surface area contributed by atoms with Crippen molar-refractivity contribution in [2.75, 3.05) is 26.3 Å². The molecule has 1 aliphatic rings. The second-order valence-corrected chi connectivity index (χ2v) is 7.71. The van der Waals surface area contributed by atoms with Crippen molar-refractivity contribution in [3.05, 3.63) is 34.9 Å². The molecule has 0 N–H and O–H groups in total. The van der Waals surface area contributed by atoms with E-state index in [0.717, 1.165) is 61.0 Å². The Kier molecular flexibility index (Phi) is 4.74. The van der Waals surface area contributed by atoms with Gasteiger partial charge in [0.2, 0.25) is 0 Å². The van der Waals surface area contributed by atoms with Gasteiger partial charge in [0.15, 0.2) is 5.65 Å². The number of aryl methyl sites for hydroxylation is 2. The molecule has 4 heterocycles. The Bertz CT molecular complexity index is 965. The molecule has 4 rings (SSSR count). The third kappa shape index (κ3) is 3.37. The highest BCUT2D eigenvalue weighted by atomic mass is 16.5. The summed E-state index contributed by atoms with van der Waals surface area (Å²) in [5, 5.41) is 10.4. The third-order valence-corrected chi connectivity index (χ3v) is 5.30. The van der Waals surface area contributed by atoms with E-state index in [1.54, 1.807) is 0 Å². The largest absolute Gasteiger partial charge is 0.379 e. The molecule has 1 fully saturated rings. The molecule has 0 bridgehead atoms. The van der Waals surface area contributed by atoms with Gasteiger partial charge in [0.25, 0.3) is 0 Å². The van der Waals surface area contributed by atoms with Crippen molar-refractivity contribution in [1.29, 1.82) is 0 Å². The van der Waals surface area contributed by atoms with E-state index in [1.165, 1.54) is 11.3 Å². The monoisotopic (exact) mass is 368 g/mol. The summed E-state index contributed by atoms with van der Waals surface area (Å²) in [6.45, 7) is 12.9. The molecule has 0 atom stereocenters. The maximum absolute atomic E-state index is 5.50. The van der Waals surface area contributed by atoms with Gasteiger partial charge >= 0.3 is 0 Å². The van der Waals surface area contributed by atoms with E-state index in [2.05, 4.69) is 48.4 Å². The van der Waals surface area contributed by atoms with Crippen LogP contribution in [0.1, 0.15) is 42.4 Å². The lowest BCUT2D eigenvalue weighted by molar-refractivity contribution is 0.0336. The van der Waals surface area contributed by atoms with Crippen LogP contribution in [-0.2, 0) is 18.3 Å². The first kappa shape index (κ1) is 18.1. The van der Waals surface area contributed by atoms with Crippen molar-refractivity contribution in [1.82, 2.24) is 29.4 Å². The van der Waals surface area contributed by atoms with Gasteiger partial charge in [-0.3, -0.25) is 9.58 Å². The van der Waals surface area contributed by atoms with Crippen LogP contribution < -0.4 is 0 Å². The number of fused-ring (bicyclic) bond motifs is 1. The van der Waals surface area contributed by atoms with Crippen LogP contribution in [0.15, 0.2) is 12.3 Å². The second kappa shape index (κ2) is 7.05. The van der Waals surface area contributed by atoms with Crippen LogP contribution in [0.25, 0.3) is 16.7 Å². The average Bonchev–Trinajstić information content (AvgIpc) is 3.12. The molecule has 0 radical (unpaired) electrons. The fourth-order valence-electron chi connectivity index (χ4n) is 4.10. The Balaban J connectivity index is 1.84. The molecule has 144 valence electrons. The molecule has 3 aromatic heterocycles. The molecule has 7 heteroatoms. The van der Waals surface area contributed by atoms with Crippen LogP contribution in [0.3, 0.4) is 0 Å². The van der Waals surface area contributed by atoms with Gasteiger partial charge < -0.3 is 4.74 Å². The van der Waals surface area contributed by atoms with Crippen molar-refractivity contribution in [3.63, 3.8) is 0 Å². The smallest absolute Gasteiger partial charge is 0.181 e. The van der Waals surface area contributed by atoms with Crippen LogP contribution in [0, 0.1) is 13.8 Å². The molecular formula is C20H28N6O. The van der Waals surface area contributed by atoms with Crippen LogP contribution in [0.5, 0.6) is 0 Å². The summed E-state index contributed by atoms with van der Waals surface area (Å²) in [5.74, 6) is 0.441. The number of hydrogen-bond donors (Lipinski definition) is 0. The van der Waals surface area contributed by atoms with Gasteiger partial charge in [-0.2, -0.15) is 10.2 Å². The molecule has 0 saturated carbocycles. The van der Waals surface area contributed by atoms with Crippen LogP contribution in [-0.4, -0.2) is 55.7 Å². The van der Waals surface area contributed by atoms with Gasteiger partial charge in [-0.05, 0) is 31.4 Å². The van der Waals surface area contributed by atoms with Crippen LogP contribution >= 0.6 is 0 Å². The van der Waals surface area contributed by atoms with Crippen molar-refractivity contribution in [2.45, 2.75) is 40.2 Å². The molecule has 0 unspecified atom stereocenters. The molecule has 3 aromatic rings. The van der Waals surface area contributed by atoms with Crippen molar-refractivity contribution in [3.8, 4) is 5.69 Å². The van der Waals surface area contributed by atoms with Gasteiger partial charge in [0, 0.05) is 44.0 Å². The molecule has 7 nitrogen and oxygen atoms in total. The quantitative estimate of drug-likeness (QED) is 0.709. The number of morpholine rings is 1. The number of ether oxygens (including phenoxy) is 1. The highest BCUT2D eigenvalue weighted by molar-refractivity contribution is 5.77. The Morgan fingerprint density at radius 2 is 1.89 bits per heavy atom.